The van der Waals surface area contributed by atoms with Gasteiger partial charge in [0.2, 0.25) is 0 Å². The van der Waals surface area contributed by atoms with Crippen molar-refractivity contribution in [3.63, 3.8) is 0 Å². The Bertz CT molecular complexity index is 450. The maximum absolute atomic E-state index is 5.94. The van der Waals surface area contributed by atoms with E-state index >= 15 is 0 Å². The van der Waals surface area contributed by atoms with E-state index in [9.17, 15) is 0 Å². The summed E-state index contributed by atoms with van der Waals surface area (Å²) in [5.74, 6) is 3.51. The van der Waals surface area contributed by atoms with Gasteiger partial charge in [-0.3, -0.25) is 4.90 Å². The van der Waals surface area contributed by atoms with Crippen molar-refractivity contribution < 1.29 is 4.74 Å². The van der Waals surface area contributed by atoms with E-state index in [0.717, 1.165) is 31.5 Å². The van der Waals surface area contributed by atoms with Gasteiger partial charge in [0.05, 0.1) is 0 Å². The van der Waals surface area contributed by atoms with Crippen LogP contribution in [0.4, 0.5) is 0 Å². The third kappa shape index (κ3) is 4.90. The molecule has 1 aliphatic heterocycles. The van der Waals surface area contributed by atoms with E-state index in [4.69, 9.17) is 4.74 Å². The van der Waals surface area contributed by atoms with Gasteiger partial charge in [0.15, 0.2) is 0 Å². The van der Waals surface area contributed by atoms with Crippen LogP contribution in [0.1, 0.15) is 25.3 Å². The van der Waals surface area contributed by atoms with Crippen LogP contribution in [0.2, 0.25) is 0 Å². The van der Waals surface area contributed by atoms with Crippen molar-refractivity contribution in [1.29, 1.82) is 0 Å². The molecule has 2 fully saturated rings. The summed E-state index contributed by atoms with van der Waals surface area (Å²) in [5, 5.41) is 3.55. The van der Waals surface area contributed by atoms with Crippen molar-refractivity contribution in [2.45, 2.75) is 38.4 Å². The second-order valence-electron chi connectivity index (χ2n) is 6.11. The summed E-state index contributed by atoms with van der Waals surface area (Å²) in [6, 6.07) is 9.95. The van der Waals surface area contributed by atoms with Crippen LogP contribution in [0, 0.1) is 0 Å². The molecule has 1 unspecified atom stereocenters. The Labute approximate surface area is 132 Å². The molecule has 1 atom stereocenters. The first-order chi connectivity index (χ1) is 10.3. The van der Waals surface area contributed by atoms with Crippen molar-refractivity contribution in [2.75, 3.05) is 31.2 Å². The van der Waals surface area contributed by atoms with Crippen molar-refractivity contribution in [1.82, 2.24) is 10.2 Å². The van der Waals surface area contributed by atoms with Crippen LogP contribution in [-0.4, -0.2) is 48.2 Å². The van der Waals surface area contributed by atoms with Gasteiger partial charge < -0.3 is 10.1 Å². The lowest BCUT2D eigenvalue weighted by atomic mass is 10.2. The standard InChI is InChI=1S/C17H26N2OS/c1-14-13-21-10-8-19(14)7-9-20-17-4-2-3-15(11-17)12-18-16-5-6-16/h2-4,11,14,16,18H,5-10,12-13H2,1H3. The van der Waals surface area contributed by atoms with Gasteiger partial charge in [0, 0.05) is 43.2 Å². The Morgan fingerprint density at radius 2 is 2.29 bits per heavy atom. The first kappa shape index (κ1) is 15.2. The average molecular weight is 306 g/mol. The van der Waals surface area contributed by atoms with Crippen LogP contribution < -0.4 is 10.1 Å². The quantitative estimate of drug-likeness (QED) is 0.837. The fourth-order valence-electron chi connectivity index (χ4n) is 2.67. The van der Waals surface area contributed by atoms with E-state index in [2.05, 4.69) is 53.2 Å². The maximum Gasteiger partial charge on any atom is 0.119 e. The minimum atomic E-state index is 0.682. The van der Waals surface area contributed by atoms with Crippen LogP contribution in [0.25, 0.3) is 0 Å². The Morgan fingerprint density at radius 1 is 1.38 bits per heavy atom. The first-order valence-corrected chi connectivity index (χ1v) is 9.23. The maximum atomic E-state index is 5.94. The zero-order valence-corrected chi connectivity index (χ0v) is 13.7. The van der Waals surface area contributed by atoms with Gasteiger partial charge in [0.25, 0.3) is 0 Å². The van der Waals surface area contributed by atoms with E-state index in [0.29, 0.717) is 6.04 Å². The van der Waals surface area contributed by atoms with Crippen LogP contribution in [0.15, 0.2) is 24.3 Å². The summed E-state index contributed by atoms with van der Waals surface area (Å²) < 4.78 is 5.94. The zero-order chi connectivity index (χ0) is 14.5. The molecule has 3 nitrogen and oxygen atoms in total. The lowest BCUT2D eigenvalue weighted by molar-refractivity contribution is 0.183. The minimum absolute atomic E-state index is 0.682. The van der Waals surface area contributed by atoms with E-state index in [1.165, 1.54) is 36.5 Å². The molecule has 1 saturated heterocycles. The van der Waals surface area contributed by atoms with Crippen LogP contribution >= 0.6 is 11.8 Å². The fourth-order valence-corrected chi connectivity index (χ4v) is 3.75. The SMILES string of the molecule is CC1CSCCN1CCOc1cccc(CNC2CC2)c1. The first-order valence-electron chi connectivity index (χ1n) is 8.08. The Balaban J connectivity index is 1.42. The number of hydrogen-bond acceptors (Lipinski definition) is 4. The van der Waals surface area contributed by atoms with Gasteiger partial charge in [-0.05, 0) is 37.5 Å². The molecule has 1 aliphatic carbocycles. The third-order valence-electron chi connectivity index (χ3n) is 4.22. The predicted molar refractivity (Wildman–Crippen MR) is 90.2 cm³/mol. The van der Waals surface area contributed by atoms with Gasteiger partial charge in [-0.15, -0.1) is 0 Å². The van der Waals surface area contributed by atoms with Crippen molar-refractivity contribution in [3.05, 3.63) is 29.8 Å². The lowest BCUT2D eigenvalue weighted by Crippen LogP contribution is -2.42. The smallest absolute Gasteiger partial charge is 0.119 e. The molecule has 1 aromatic carbocycles. The number of ether oxygens (including phenoxy) is 1. The lowest BCUT2D eigenvalue weighted by Gasteiger charge is -2.32. The highest BCUT2D eigenvalue weighted by Gasteiger charge is 2.20. The van der Waals surface area contributed by atoms with Gasteiger partial charge in [0.1, 0.15) is 12.4 Å². The molecule has 1 heterocycles. The predicted octanol–water partition coefficient (Wildman–Crippen LogP) is 2.75. The van der Waals surface area contributed by atoms with Crippen LogP contribution in [0.3, 0.4) is 0 Å². The number of benzene rings is 1. The summed E-state index contributed by atoms with van der Waals surface area (Å²) in [6.07, 6.45) is 2.67. The summed E-state index contributed by atoms with van der Waals surface area (Å²) in [5.41, 5.74) is 1.32. The minimum Gasteiger partial charge on any atom is -0.492 e. The highest BCUT2D eigenvalue weighted by Crippen LogP contribution is 2.20. The fraction of sp³-hybridized carbons (Fsp3) is 0.647. The Kier molecular flexibility index (Phi) is 5.44. The van der Waals surface area contributed by atoms with E-state index < -0.39 is 0 Å². The third-order valence-corrected chi connectivity index (χ3v) is 5.41. The average Bonchev–Trinajstić information content (AvgIpc) is 3.32. The largest absolute Gasteiger partial charge is 0.492 e. The molecule has 0 bridgehead atoms. The molecule has 0 radical (unpaired) electrons. The molecule has 4 heteroatoms. The van der Waals surface area contributed by atoms with Gasteiger partial charge in [-0.25, -0.2) is 0 Å². The molecule has 3 rings (SSSR count). The molecule has 1 N–H and O–H groups in total. The number of rotatable bonds is 7. The van der Waals surface area contributed by atoms with Gasteiger partial charge in [-0.2, -0.15) is 11.8 Å². The summed E-state index contributed by atoms with van der Waals surface area (Å²) in [4.78, 5) is 2.54. The summed E-state index contributed by atoms with van der Waals surface area (Å²) >= 11 is 2.06. The number of nitrogens with one attached hydrogen (secondary N) is 1. The number of nitrogens with zero attached hydrogens (tertiary/aromatic N) is 1. The molecule has 0 aromatic heterocycles. The monoisotopic (exact) mass is 306 g/mol. The summed E-state index contributed by atoms with van der Waals surface area (Å²) in [6.45, 7) is 6.29. The van der Waals surface area contributed by atoms with E-state index in [1.54, 1.807) is 0 Å². The molecule has 21 heavy (non-hydrogen) atoms. The van der Waals surface area contributed by atoms with Crippen molar-refractivity contribution in [2.24, 2.45) is 0 Å². The second kappa shape index (κ2) is 7.52. The highest BCUT2D eigenvalue weighted by molar-refractivity contribution is 7.99. The van der Waals surface area contributed by atoms with E-state index in [-0.39, 0.29) is 0 Å². The molecule has 0 spiro atoms. The summed E-state index contributed by atoms with van der Waals surface area (Å²) in [7, 11) is 0. The van der Waals surface area contributed by atoms with Gasteiger partial charge >= 0.3 is 0 Å². The molecule has 116 valence electrons. The Morgan fingerprint density at radius 3 is 3.10 bits per heavy atom. The van der Waals surface area contributed by atoms with Crippen molar-refractivity contribution in [3.8, 4) is 5.75 Å². The molecular formula is C17H26N2OS. The van der Waals surface area contributed by atoms with Crippen LogP contribution in [0.5, 0.6) is 5.75 Å². The number of thioether (sulfide) groups is 1. The molecule has 1 aromatic rings. The molecule has 0 amide bonds. The van der Waals surface area contributed by atoms with Crippen LogP contribution in [-0.2, 0) is 6.54 Å². The zero-order valence-electron chi connectivity index (χ0n) is 12.9. The molecular weight excluding hydrogens is 280 g/mol. The highest BCUT2D eigenvalue weighted by atomic mass is 32.2. The molecule has 1 saturated carbocycles. The topological polar surface area (TPSA) is 24.5 Å². The van der Waals surface area contributed by atoms with Crippen molar-refractivity contribution >= 4 is 11.8 Å². The second-order valence-corrected chi connectivity index (χ2v) is 7.26. The number of hydrogen-bond donors (Lipinski definition) is 1. The normalized spacial score (nSPS) is 23.2. The Hall–Kier alpha value is -0.710. The molecule has 2 aliphatic rings. The van der Waals surface area contributed by atoms with Gasteiger partial charge in [-0.1, -0.05) is 12.1 Å². The van der Waals surface area contributed by atoms with E-state index in [1.807, 2.05) is 0 Å².